The zero-order valence-electron chi connectivity index (χ0n) is 10.8. The maximum Gasteiger partial charge on any atom is 0.0630 e. The maximum atomic E-state index is 9.53. The predicted molar refractivity (Wildman–Crippen MR) is 78.0 cm³/mol. The molecule has 100 valence electrons. The van der Waals surface area contributed by atoms with E-state index in [0.717, 1.165) is 47.8 Å². The first kappa shape index (κ1) is 12.2. The maximum absolute atomic E-state index is 9.53. The summed E-state index contributed by atoms with van der Waals surface area (Å²) < 4.78 is 0. The van der Waals surface area contributed by atoms with Crippen LogP contribution >= 0.6 is 0 Å². The van der Waals surface area contributed by atoms with Crippen molar-refractivity contribution in [2.24, 2.45) is 0 Å². The second-order valence-corrected chi connectivity index (χ2v) is 5.27. The number of pyridine rings is 1. The minimum absolute atomic E-state index is 0.127. The zero-order chi connectivity index (χ0) is 13.2. The average Bonchev–Trinajstić information content (AvgIpc) is 2.45. The Labute approximate surface area is 112 Å². The smallest absolute Gasteiger partial charge is 0.0630 e. The van der Waals surface area contributed by atoms with Crippen molar-refractivity contribution < 1.29 is 5.11 Å². The fraction of sp³-hybridized carbons (Fsp3) is 0.400. The third kappa shape index (κ3) is 2.49. The van der Waals surface area contributed by atoms with E-state index >= 15 is 0 Å². The number of hydrogen-bond donors (Lipinski definition) is 3. The lowest BCUT2D eigenvalue weighted by Crippen LogP contribution is -2.28. The monoisotopic (exact) mass is 257 g/mol. The molecular formula is C15H19N3O. The van der Waals surface area contributed by atoms with Crippen LogP contribution in [0.15, 0.2) is 30.6 Å². The van der Waals surface area contributed by atoms with E-state index in [1.54, 1.807) is 6.20 Å². The summed E-state index contributed by atoms with van der Waals surface area (Å²) in [5.41, 5.74) is 7.99. The van der Waals surface area contributed by atoms with Crippen molar-refractivity contribution in [3.63, 3.8) is 0 Å². The summed E-state index contributed by atoms with van der Waals surface area (Å²) in [5, 5.41) is 15.1. The summed E-state index contributed by atoms with van der Waals surface area (Å²) in [6.07, 6.45) is 7.19. The van der Waals surface area contributed by atoms with Gasteiger partial charge in [-0.1, -0.05) is 6.07 Å². The Bertz CT molecular complexity index is 577. The SMILES string of the molecule is Nc1c(NC2CCC(O)CC2)ccc2cnccc12. The molecule has 1 aliphatic carbocycles. The molecule has 4 heteroatoms. The van der Waals surface area contributed by atoms with Gasteiger partial charge in [0.25, 0.3) is 0 Å². The molecule has 1 aliphatic rings. The van der Waals surface area contributed by atoms with Crippen molar-refractivity contribution in [2.45, 2.75) is 37.8 Å². The third-order valence-electron chi connectivity index (χ3n) is 3.92. The van der Waals surface area contributed by atoms with Crippen molar-refractivity contribution >= 4 is 22.1 Å². The van der Waals surface area contributed by atoms with E-state index in [0.29, 0.717) is 6.04 Å². The molecule has 0 spiro atoms. The molecule has 4 nitrogen and oxygen atoms in total. The third-order valence-corrected chi connectivity index (χ3v) is 3.92. The number of nitrogens with zero attached hydrogens (tertiary/aromatic N) is 1. The zero-order valence-corrected chi connectivity index (χ0v) is 10.8. The highest BCUT2D eigenvalue weighted by atomic mass is 16.3. The van der Waals surface area contributed by atoms with E-state index in [-0.39, 0.29) is 6.10 Å². The Morgan fingerprint density at radius 3 is 2.74 bits per heavy atom. The number of aromatic nitrogens is 1. The minimum Gasteiger partial charge on any atom is -0.397 e. The Kier molecular flexibility index (Phi) is 3.25. The molecule has 0 bridgehead atoms. The Morgan fingerprint density at radius 1 is 1.16 bits per heavy atom. The van der Waals surface area contributed by atoms with Gasteiger partial charge in [0, 0.05) is 29.2 Å². The lowest BCUT2D eigenvalue weighted by molar-refractivity contribution is 0.126. The van der Waals surface area contributed by atoms with Gasteiger partial charge in [-0.15, -0.1) is 0 Å². The Hall–Kier alpha value is -1.81. The predicted octanol–water partition coefficient (Wildman–Crippen LogP) is 2.53. The summed E-state index contributed by atoms with van der Waals surface area (Å²) in [5.74, 6) is 0. The van der Waals surface area contributed by atoms with Gasteiger partial charge in [0.2, 0.25) is 0 Å². The summed E-state index contributed by atoms with van der Waals surface area (Å²) in [7, 11) is 0. The van der Waals surface area contributed by atoms with Crippen molar-refractivity contribution in [1.82, 2.24) is 4.98 Å². The first-order valence-electron chi connectivity index (χ1n) is 6.81. The molecule has 1 aromatic heterocycles. The number of nitrogen functional groups attached to an aromatic ring is 1. The van der Waals surface area contributed by atoms with E-state index < -0.39 is 0 Å². The van der Waals surface area contributed by atoms with E-state index in [4.69, 9.17) is 5.73 Å². The van der Waals surface area contributed by atoms with Gasteiger partial charge in [0.1, 0.15) is 0 Å². The van der Waals surface area contributed by atoms with Crippen LogP contribution in [0.25, 0.3) is 10.8 Å². The van der Waals surface area contributed by atoms with Crippen LogP contribution in [0.3, 0.4) is 0 Å². The summed E-state index contributed by atoms with van der Waals surface area (Å²) in [4.78, 5) is 4.10. The van der Waals surface area contributed by atoms with Gasteiger partial charge in [0.15, 0.2) is 0 Å². The van der Waals surface area contributed by atoms with Crippen LogP contribution in [-0.4, -0.2) is 22.2 Å². The van der Waals surface area contributed by atoms with E-state index in [1.807, 2.05) is 24.4 Å². The van der Waals surface area contributed by atoms with Crippen LogP contribution in [0.2, 0.25) is 0 Å². The van der Waals surface area contributed by atoms with Gasteiger partial charge in [-0.05, 0) is 37.8 Å². The number of hydrogen-bond acceptors (Lipinski definition) is 4. The molecule has 0 aliphatic heterocycles. The highest BCUT2D eigenvalue weighted by Crippen LogP contribution is 2.30. The number of benzene rings is 1. The second-order valence-electron chi connectivity index (χ2n) is 5.27. The number of nitrogens with two attached hydrogens (primary N) is 1. The molecule has 0 saturated heterocycles. The van der Waals surface area contributed by atoms with E-state index in [9.17, 15) is 5.11 Å². The van der Waals surface area contributed by atoms with E-state index in [2.05, 4.69) is 10.3 Å². The number of aliphatic hydroxyl groups is 1. The lowest BCUT2D eigenvalue weighted by atomic mass is 9.93. The van der Waals surface area contributed by atoms with Gasteiger partial charge >= 0.3 is 0 Å². The largest absolute Gasteiger partial charge is 0.397 e. The molecule has 19 heavy (non-hydrogen) atoms. The van der Waals surface area contributed by atoms with Crippen LogP contribution in [0.1, 0.15) is 25.7 Å². The fourth-order valence-electron chi connectivity index (χ4n) is 2.76. The van der Waals surface area contributed by atoms with Gasteiger partial charge in [-0.2, -0.15) is 0 Å². The van der Waals surface area contributed by atoms with Crippen LogP contribution < -0.4 is 11.1 Å². The highest BCUT2D eigenvalue weighted by Gasteiger charge is 2.19. The molecule has 1 saturated carbocycles. The number of rotatable bonds is 2. The molecule has 0 atom stereocenters. The van der Waals surface area contributed by atoms with Crippen molar-refractivity contribution in [3.05, 3.63) is 30.6 Å². The number of fused-ring (bicyclic) bond motifs is 1. The normalized spacial score (nSPS) is 23.4. The van der Waals surface area contributed by atoms with Crippen LogP contribution in [0, 0.1) is 0 Å². The molecule has 0 unspecified atom stereocenters. The quantitative estimate of drug-likeness (QED) is 0.723. The first-order chi connectivity index (χ1) is 9.24. The molecular weight excluding hydrogens is 238 g/mol. The van der Waals surface area contributed by atoms with Gasteiger partial charge in [0.05, 0.1) is 17.5 Å². The highest BCUT2D eigenvalue weighted by molar-refractivity contribution is 5.98. The molecule has 2 aromatic rings. The van der Waals surface area contributed by atoms with Gasteiger partial charge in [-0.25, -0.2) is 0 Å². The van der Waals surface area contributed by atoms with Crippen molar-refractivity contribution in [1.29, 1.82) is 0 Å². The summed E-state index contributed by atoms with van der Waals surface area (Å²) in [6, 6.07) is 6.41. The second kappa shape index (κ2) is 5.05. The number of nitrogens with one attached hydrogen (secondary N) is 1. The van der Waals surface area contributed by atoms with Crippen LogP contribution in [0.4, 0.5) is 11.4 Å². The first-order valence-corrected chi connectivity index (χ1v) is 6.81. The standard InChI is InChI=1S/C15H19N3O/c16-15-13-7-8-17-9-10(13)1-6-14(15)18-11-2-4-12(19)5-3-11/h1,6-9,11-12,18-19H,2-5,16H2. The topological polar surface area (TPSA) is 71.2 Å². The number of anilines is 2. The van der Waals surface area contributed by atoms with Gasteiger partial charge < -0.3 is 16.2 Å². The fourth-order valence-corrected chi connectivity index (χ4v) is 2.76. The minimum atomic E-state index is -0.127. The summed E-state index contributed by atoms with van der Waals surface area (Å²) >= 11 is 0. The molecule has 0 radical (unpaired) electrons. The molecule has 4 N–H and O–H groups in total. The van der Waals surface area contributed by atoms with E-state index in [1.165, 1.54) is 0 Å². The van der Waals surface area contributed by atoms with Crippen LogP contribution in [0.5, 0.6) is 0 Å². The average molecular weight is 257 g/mol. The Balaban J connectivity index is 1.83. The molecule has 1 heterocycles. The number of aliphatic hydroxyl groups excluding tert-OH is 1. The molecule has 3 rings (SSSR count). The molecule has 1 aromatic carbocycles. The summed E-state index contributed by atoms with van der Waals surface area (Å²) in [6.45, 7) is 0. The lowest BCUT2D eigenvalue weighted by Gasteiger charge is -2.27. The van der Waals surface area contributed by atoms with Crippen molar-refractivity contribution in [2.75, 3.05) is 11.1 Å². The Morgan fingerprint density at radius 2 is 1.95 bits per heavy atom. The molecule has 1 fully saturated rings. The molecule has 0 amide bonds. The van der Waals surface area contributed by atoms with Gasteiger partial charge in [-0.3, -0.25) is 4.98 Å². The van der Waals surface area contributed by atoms with Crippen LogP contribution in [-0.2, 0) is 0 Å². The van der Waals surface area contributed by atoms with Crippen molar-refractivity contribution in [3.8, 4) is 0 Å².